The quantitative estimate of drug-likeness (QED) is 0.530. The molecule has 2 heteroatoms. The van der Waals surface area contributed by atoms with E-state index in [1.54, 1.807) is 0 Å². The summed E-state index contributed by atoms with van der Waals surface area (Å²) in [5.74, 6) is 1.29. The first-order chi connectivity index (χ1) is 4.55. The Morgan fingerprint density at radius 1 is 1.50 bits per heavy atom. The molecule has 0 bridgehead atoms. The van der Waals surface area contributed by atoms with Gasteiger partial charge >= 0.3 is 0 Å². The molecule has 0 amide bonds. The number of thioether (sulfide) groups is 1. The van der Waals surface area contributed by atoms with Crippen molar-refractivity contribution in [3.63, 3.8) is 0 Å². The lowest BCUT2D eigenvalue weighted by atomic mass is 9.99. The maximum absolute atomic E-state index is 2.45. The molecule has 1 saturated heterocycles. The molecule has 0 N–H and O–H groups in total. The van der Waals surface area contributed by atoms with Crippen molar-refractivity contribution >= 4 is 11.8 Å². The Morgan fingerprint density at radius 3 is 2.50 bits per heavy atom. The zero-order valence-electron chi connectivity index (χ0n) is 7.35. The van der Waals surface area contributed by atoms with Crippen LogP contribution in [0.2, 0.25) is 0 Å². The van der Waals surface area contributed by atoms with Gasteiger partial charge in [-0.1, -0.05) is 6.92 Å². The normalized spacial score (nSPS) is 34.2. The number of nitrogens with zero attached hydrogens (tertiary/aromatic N) is 1. The van der Waals surface area contributed by atoms with Gasteiger partial charge < -0.3 is 0 Å². The lowest BCUT2D eigenvalue weighted by Gasteiger charge is -2.44. The molecule has 0 saturated carbocycles. The van der Waals surface area contributed by atoms with Crippen LogP contribution in [0, 0.1) is 0 Å². The Bertz CT molecular complexity index is 110. The van der Waals surface area contributed by atoms with Gasteiger partial charge in [-0.15, -0.1) is 0 Å². The number of hydrogen-bond acceptors (Lipinski definition) is 2. The molecule has 1 atom stereocenters. The van der Waals surface area contributed by atoms with Crippen molar-refractivity contribution in [2.24, 2.45) is 0 Å². The summed E-state index contributed by atoms with van der Waals surface area (Å²) in [5, 5.41) is 0.770. The van der Waals surface area contributed by atoms with Crippen LogP contribution >= 0.6 is 11.8 Å². The van der Waals surface area contributed by atoms with Crippen molar-refractivity contribution in [1.29, 1.82) is 0 Å². The van der Waals surface area contributed by atoms with E-state index in [-0.39, 0.29) is 0 Å². The van der Waals surface area contributed by atoms with Gasteiger partial charge in [-0.05, 0) is 20.9 Å². The Labute approximate surface area is 68.2 Å². The van der Waals surface area contributed by atoms with Gasteiger partial charge in [-0.25, -0.2) is 0 Å². The Balaban J connectivity index is 2.63. The molecule has 1 aliphatic heterocycles. The molecule has 1 heterocycles. The summed E-state index contributed by atoms with van der Waals surface area (Å²) in [6, 6.07) is 0. The average molecular weight is 159 g/mol. The van der Waals surface area contributed by atoms with Crippen molar-refractivity contribution < 1.29 is 0 Å². The summed E-state index contributed by atoms with van der Waals surface area (Å²) in [5.41, 5.74) is 0.392. The highest BCUT2D eigenvalue weighted by molar-refractivity contribution is 8.00. The van der Waals surface area contributed by atoms with E-state index in [0.717, 1.165) is 5.25 Å². The van der Waals surface area contributed by atoms with Gasteiger partial charge in [0.25, 0.3) is 0 Å². The molecule has 0 spiro atoms. The summed E-state index contributed by atoms with van der Waals surface area (Å²) in [4.78, 5) is 2.45. The van der Waals surface area contributed by atoms with Gasteiger partial charge in [-0.2, -0.15) is 11.8 Å². The first kappa shape index (κ1) is 8.41. The van der Waals surface area contributed by atoms with Crippen molar-refractivity contribution in [2.75, 3.05) is 19.3 Å². The largest absolute Gasteiger partial charge is 0.299 e. The first-order valence-electron chi connectivity index (χ1n) is 3.88. The van der Waals surface area contributed by atoms with Crippen LogP contribution in [0.4, 0.5) is 0 Å². The van der Waals surface area contributed by atoms with Crippen LogP contribution in [0.15, 0.2) is 0 Å². The maximum atomic E-state index is 2.45. The standard InChI is InChI=1S/C8H17NS/c1-7-8(2,3)9(4)5-6-10-7/h7H,5-6H2,1-4H3. The molecule has 1 aliphatic rings. The highest BCUT2D eigenvalue weighted by Gasteiger charge is 2.33. The fourth-order valence-electron chi connectivity index (χ4n) is 1.17. The minimum Gasteiger partial charge on any atom is -0.299 e. The molecule has 0 aliphatic carbocycles. The van der Waals surface area contributed by atoms with E-state index < -0.39 is 0 Å². The molecular weight excluding hydrogens is 142 g/mol. The number of rotatable bonds is 0. The van der Waals surface area contributed by atoms with Gasteiger partial charge in [0.1, 0.15) is 0 Å². The van der Waals surface area contributed by atoms with Crippen LogP contribution in [-0.4, -0.2) is 35.0 Å². The van der Waals surface area contributed by atoms with Gasteiger partial charge in [0.2, 0.25) is 0 Å². The third kappa shape index (κ3) is 1.32. The van der Waals surface area contributed by atoms with Crippen LogP contribution < -0.4 is 0 Å². The fraction of sp³-hybridized carbons (Fsp3) is 1.00. The molecule has 0 radical (unpaired) electrons. The second kappa shape index (κ2) is 2.74. The minimum absolute atomic E-state index is 0.392. The van der Waals surface area contributed by atoms with E-state index in [0.29, 0.717) is 5.54 Å². The monoisotopic (exact) mass is 159 g/mol. The third-order valence-electron chi connectivity index (χ3n) is 2.77. The lowest BCUT2D eigenvalue weighted by molar-refractivity contribution is 0.159. The smallest absolute Gasteiger partial charge is 0.0266 e. The van der Waals surface area contributed by atoms with E-state index in [4.69, 9.17) is 0 Å². The van der Waals surface area contributed by atoms with Gasteiger partial charge in [-0.3, -0.25) is 4.90 Å². The van der Waals surface area contributed by atoms with E-state index >= 15 is 0 Å². The predicted octanol–water partition coefficient (Wildman–Crippen LogP) is 1.83. The van der Waals surface area contributed by atoms with Gasteiger partial charge in [0.15, 0.2) is 0 Å². The summed E-state index contributed by atoms with van der Waals surface area (Å²) < 4.78 is 0. The van der Waals surface area contributed by atoms with Crippen molar-refractivity contribution in [3.8, 4) is 0 Å². The molecule has 0 aromatic carbocycles. The van der Waals surface area contributed by atoms with E-state index in [1.165, 1.54) is 12.3 Å². The second-order valence-electron chi connectivity index (χ2n) is 3.59. The van der Waals surface area contributed by atoms with Crippen molar-refractivity contribution in [1.82, 2.24) is 4.90 Å². The molecule has 60 valence electrons. The molecule has 1 unspecified atom stereocenters. The zero-order valence-corrected chi connectivity index (χ0v) is 8.16. The molecule has 0 aromatic heterocycles. The van der Waals surface area contributed by atoms with Gasteiger partial charge in [0, 0.05) is 23.1 Å². The maximum Gasteiger partial charge on any atom is 0.0266 e. The molecule has 1 rings (SSSR count). The van der Waals surface area contributed by atoms with E-state index in [9.17, 15) is 0 Å². The highest BCUT2D eigenvalue weighted by Crippen LogP contribution is 2.31. The molecule has 1 fully saturated rings. The summed E-state index contributed by atoms with van der Waals surface area (Å²) in [6.45, 7) is 8.20. The van der Waals surface area contributed by atoms with Crippen LogP contribution in [0.5, 0.6) is 0 Å². The molecular formula is C8H17NS. The number of hydrogen-bond donors (Lipinski definition) is 0. The molecule has 1 nitrogen and oxygen atoms in total. The summed E-state index contributed by atoms with van der Waals surface area (Å²) >= 11 is 2.09. The van der Waals surface area contributed by atoms with Crippen LogP contribution in [0.1, 0.15) is 20.8 Å². The Morgan fingerprint density at radius 2 is 2.10 bits per heavy atom. The van der Waals surface area contributed by atoms with Crippen molar-refractivity contribution in [2.45, 2.75) is 31.6 Å². The molecule has 0 aromatic rings. The summed E-state index contributed by atoms with van der Waals surface area (Å²) in [6.07, 6.45) is 0. The SMILES string of the molecule is CC1SCCN(C)C1(C)C. The predicted molar refractivity (Wildman–Crippen MR) is 48.6 cm³/mol. The first-order valence-corrected chi connectivity index (χ1v) is 4.93. The topological polar surface area (TPSA) is 3.24 Å². The lowest BCUT2D eigenvalue weighted by Crippen LogP contribution is -2.52. The zero-order chi connectivity index (χ0) is 7.78. The van der Waals surface area contributed by atoms with Crippen molar-refractivity contribution in [3.05, 3.63) is 0 Å². The fourth-order valence-corrected chi connectivity index (χ4v) is 2.49. The third-order valence-corrected chi connectivity index (χ3v) is 4.27. The Kier molecular flexibility index (Phi) is 2.31. The minimum atomic E-state index is 0.392. The van der Waals surface area contributed by atoms with E-state index in [1.807, 2.05) is 0 Å². The van der Waals surface area contributed by atoms with Crippen LogP contribution in [0.3, 0.4) is 0 Å². The average Bonchev–Trinajstić information content (AvgIpc) is 1.84. The molecule has 10 heavy (non-hydrogen) atoms. The highest BCUT2D eigenvalue weighted by atomic mass is 32.2. The van der Waals surface area contributed by atoms with Crippen LogP contribution in [0.25, 0.3) is 0 Å². The second-order valence-corrected chi connectivity index (χ2v) is 5.04. The summed E-state index contributed by atoms with van der Waals surface area (Å²) in [7, 11) is 2.22. The van der Waals surface area contributed by atoms with Gasteiger partial charge in [0.05, 0.1) is 0 Å². The van der Waals surface area contributed by atoms with E-state index in [2.05, 4.69) is 44.5 Å². The van der Waals surface area contributed by atoms with Crippen LogP contribution in [-0.2, 0) is 0 Å². The Hall–Kier alpha value is 0.310.